The van der Waals surface area contributed by atoms with Crippen LogP contribution in [-0.2, 0) is 0 Å². The Balaban J connectivity index is 1.90. The molecule has 0 aliphatic heterocycles. The molecule has 1 aliphatic rings. The van der Waals surface area contributed by atoms with E-state index in [-0.39, 0.29) is 23.0 Å². The standard InChI is InChI=1S/C20H22BFN6/c1-4-17(20(8-9-20)27-28-21-3)25-19-16(22)11-14(12-23)18(26-19)24-15-7-5-6-13(2)10-15/h5-7,10-11,17H,3-4,8-9H2,1-2H3,(H2,24,25,26)/t17-/m0/s1. The summed E-state index contributed by atoms with van der Waals surface area (Å²) in [6, 6.07) is 10.8. The van der Waals surface area contributed by atoms with Gasteiger partial charge in [-0.15, -0.1) is 0 Å². The van der Waals surface area contributed by atoms with Crippen LogP contribution in [-0.4, -0.2) is 30.1 Å². The summed E-state index contributed by atoms with van der Waals surface area (Å²) in [5.74, 6) is -0.160. The fourth-order valence-electron chi connectivity index (χ4n) is 3.21. The Hall–Kier alpha value is -3.08. The zero-order chi connectivity index (χ0) is 20.1. The van der Waals surface area contributed by atoms with E-state index in [9.17, 15) is 9.65 Å². The van der Waals surface area contributed by atoms with Gasteiger partial charge in [-0.25, -0.2) is 0 Å². The van der Waals surface area contributed by atoms with Gasteiger partial charge in [0.2, 0.25) is 0 Å². The van der Waals surface area contributed by atoms with Gasteiger partial charge in [0.05, 0.1) is 0 Å². The van der Waals surface area contributed by atoms with Crippen molar-refractivity contribution in [3.63, 3.8) is 0 Å². The third-order valence-corrected chi connectivity index (χ3v) is 4.85. The first-order valence-corrected chi connectivity index (χ1v) is 9.25. The van der Waals surface area contributed by atoms with E-state index in [1.165, 1.54) is 13.1 Å². The summed E-state index contributed by atoms with van der Waals surface area (Å²) in [6.07, 6.45) is 2.49. The van der Waals surface area contributed by atoms with Crippen LogP contribution in [0.25, 0.3) is 0 Å². The van der Waals surface area contributed by atoms with E-state index in [0.717, 1.165) is 30.5 Å². The van der Waals surface area contributed by atoms with E-state index in [4.69, 9.17) is 0 Å². The minimum absolute atomic E-state index is 0.0982. The molecule has 1 saturated carbocycles. The van der Waals surface area contributed by atoms with E-state index in [0.29, 0.717) is 5.82 Å². The van der Waals surface area contributed by atoms with Crippen LogP contribution in [0.4, 0.5) is 21.7 Å². The quantitative estimate of drug-likeness (QED) is 0.529. The first kappa shape index (κ1) is 19.7. The predicted octanol–water partition coefficient (Wildman–Crippen LogP) is 4.37. The maximum atomic E-state index is 14.6. The number of aromatic nitrogens is 1. The van der Waals surface area contributed by atoms with Crippen molar-refractivity contribution in [2.75, 3.05) is 10.6 Å². The van der Waals surface area contributed by atoms with Crippen molar-refractivity contribution >= 4 is 30.8 Å². The number of rotatable bonds is 8. The predicted molar refractivity (Wildman–Crippen MR) is 111 cm³/mol. The van der Waals surface area contributed by atoms with Gasteiger partial charge in [0.15, 0.2) is 0 Å². The van der Waals surface area contributed by atoms with Crippen LogP contribution in [0.1, 0.15) is 37.3 Å². The summed E-state index contributed by atoms with van der Waals surface area (Å²) in [6.45, 7) is 7.54. The van der Waals surface area contributed by atoms with Gasteiger partial charge in [-0.2, -0.15) is 0 Å². The van der Waals surface area contributed by atoms with Crippen LogP contribution in [0, 0.1) is 24.1 Å². The maximum absolute atomic E-state index is 14.6. The van der Waals surface area contributed by atoms with Gasteiger partial charge in [0, 0.05) is 0 Å². The molecule has 1 fully saturated rings. The van der Waals surface area contributed by atoms with Gasteiger partial charge in [0.1, 0.15) is 0 Å². The van der Waals surface area contributed by atoms with E-state index in [1.54, 1.807) is 0 Å². The first-order valence-electron chi connectivity index (χ1n) is 9.25. The Morgan fingerprint density at radius 1 is 1.39 bits per heavy atom. The van der Waals surface area contributed by atoms with Crippen molar-refractivity contribution in [3.8, 4) is 6.07 Å². The summed E-state index contributed by atoms with van der Waals surface area (Å²) < 4.78 is 14.6. The number of halogens is 1. The van der Waals surface area contributed by atoms with Gasteiger partial charge in [-0.3, -0.25) is 0 Å². The molecule has 0 saturated heterocycles. The van der Waals surface area contributed by atoms with E-state index >= 15 is 0 Å². The molecular weight excluding hydrogens is 354 g/mol. The third-order valence-electron chi connectivity index (χ3n) is 4.85. The summed E-state index contributed by atoms with van der Waals surface area (Å²) in [5, 5.41) is 23.9. The minimum atomic E-state index is -0.568. The van der Waals surface area contributed by atoms with Crippen molar-refractivity contribution in [1.29, 1.82) is 5.26 Å². The topological polar surface area (TPSA) is 85.5 Å². The van der Waals surface area contributed by atoms with Crippen LogP contribution in [0.15, 0.2) is 40.5 Å². The number of anilines is 3. The van der Waals surface area contributed by atoms with Crippen LogP contribution in [0.2, 0.25) is 0 Å². The summed E-state index contributed by atoms with van der Waals surface area (Å²) in [5.41, 5.74) is 1.64. The summed E-state index contributed by atoms with van der Waals surface area (Å²) in [4.78, 5) is 4.37. The van der Waals surface area contributed by atoms with Crippen LogP contribution in [0.3, 0.4) is 0 Å². The molecule has 1 aromatic heterocycles. The van der Waals surface area contributed by atoms with E-state index < -0.39 is 5.82 Å². The molecule has 0 amide bonds. The molecule has 8 heteroatoms. The number of hydrogen-bond donors (Lipinski definition) is 2. The molecule has 1 atom stereocenters. The Labute approximate surface area is 164 Å². The number of benzene rings is 1. The van der Waals surface area contributed by atoms with Gasteiger partial charge >= 0.3 is 151 Å². The Morgan fingerprint density at radius 2 is 2.18 bits per heavy atom. The number of pyridine rings is 1. The zero-order valence-electron chi connectivity index (χ0n) is 16.0. The monoisotopic (exact) mass is 376 g/mol. The summed E-state index contributed by atoms with van der Waals surface area (Å²) >= 11 is 0. The van der Waals surface area contributed by atoms with Gasteiger partial charge < -0.3 is 0 Å². The van der Waals surface area contributed by atoms with Crippen molar-refractivity contribution in [1.82, 2.24) is 4.98 Å². The van der Waals surface area contributed by atoms with Crippen molar-refractivity contribution in [2.45, 2.75) is 44.7 Å². The van der Waals surface area contributed by atoms with Gasteiger partial charge in [-0.05, 0) is 6.92 Å². The second-order valence-electron chi connectivity index (χ2n) is 6.93. The molecular formula is C20H22BFN6. The Bertz CT molecular complexity index is 948. The first-order chi connectivity index (χ1) is 13.5. The zero-order valence-corrected chi connectivity index (χ0v) is 16.0. The Morgan fingerprint density at radius 3 is 2.79 bits per heavy atom. The fraction of sp³-hybridized carbons (Fsp3) is 0.350. The van der Waals surface area contributed by atoms with Crippen LogP contribution in [0.5, 0.6) is 0 Å². The fourth-order valence-corrected chi connectivity index (χ4v) is 3.21. The molecule has 1 aromatic carbocycles. The average molecular weight is 376 g/mol. The third kappa shape index (κ3) is 4.25. The number of aryl methyl sites for hydroxylation is 1. The van der Waals surface area contributed by atoms with Crippen molar-refractivity contribution in [2.24, 2.45) is 10.1 Å². The molecule has 2 aromatic rings. The molecule has 3 rings (SSSR count). The van der Waals surface area contributed by atoms with Gasteiger partial charge in [0.25, 0.3) is 0 Å². The molecule has 0 radical (unpaired) electrons. The van der Waals surface area contributed by atoms with E-state index in [1.807, 2.05) is 44.2 Å². The molecule has 28 heavy (non-hydrogen) atoms. The second-order valence-corrected chi connectivity index (χ2v) is 6.93. The molecule has 6 nitrogen and oxygen atoms in total. The van der Waals surface area contributed by atoms with E-state index in [2.05, 4.69) is 32.2 Å². The van der Waals surface area contributed by atoms with Crippen LogP contribution >= 0.6 is 0 Å². The molecule has 142 valence electrons. The van der Waals surface area contributed by atoms with Gasteiger partial charge in [-0.1, -0.05) is 6.07 Å². The molecule has 0 unspecified atom stereocenters. The van der Waals surface area contributed by atoms with Crippen molar-refractivity contribution < 1.29 is 4.39 Å². The molecule has 0 bridgehead atoms. The molecule has 1 aliphatic carbocycles. The molecule has 0 spiro atoms. The number of nitrogens with one attached hydrogen (secondary N) is 2. The van der Waals surface area contributed by atoms with Crippen LogP contribution < -0.4 is 10.6 Å². The molecule has 2 N–H and O–H groups in total. The molecule has 1 heterocycles. The average Bonchev–Trinajstić information content (AvgIpc) is 3.47. The SMILES string of the molecule is C=BN=NC1([C@H](CC)Nc2nc(Nc3cccc(C)c3)c(C#N)cc2F)CC1. The Kier molecular flexibility index (Phi) is 5.83. The number of nitriles is 1. The number of hydrogen-bond acceptors (Lipinski definition) is 6. The number of nitrogens with zero attached hydrogens (tertiary/aromatic N) is 4. The summed E-state index contributed by atoms with van der Waals surface area (Å²) in [7, 11) is 1.40. The second kappa shape index (κ2) is 8.30. The normalized spacial score (nSPS) is 15.5. The van der Waals surface area contributed by atoms with Crippen molar-refractivity contribution in [3.05, 3.63) is 47.3 Å².